The number of benzene rings is 2. The van der Waals surface area contributed by atoms with Crippen LogP contribution in [-0.2, 0) is 4.79 Å². The van der Waals surface area contributed by atoms with Gasteiger partial charge in [0.05, 0.1) is 13.2 Å². The molecule has 2 amide bonds. The first-order valence-corrected chi connectivity index (χ1v) is 10.3. The number of hydrogen-bond acceptors (Lipinski definition) is 6. The highest BCUT2D eigenvalue weighted by Crippen LogP contribution is 2.30. The molecule has 7 nitrogen and oxygen atoms in total. The van der Waals surface area contributed by atoms with E-state index in [0.29, 0.717) is 34.5 Å². The van der Waals surface area contributed by atoms with Crippen molar-refractivity contribution in [2.45, 2.75) is 6.92 Å². The molecule has 2 aromatic carbocycles. The number of amides is 2. The number of carbonyl (C=O) groups is 2. The minimum atomic E-state index is -0.361. The van der Waals surface area contributed by atoms with E-state index in [0.717, 1.165) is 11.0 Å². The molecule has 8 heteroatoms. The smallest absolute Gasteiger partial charge is 0.251 e. The van der Waals surface area contributed by atoms with Crippen molar-refractivity contribution < 1.29 is 18.7 Å². The summed E-state index contributed by atoms with van der Waals surface area (Å²) in [5.74, 6) is 0.627. The van der Waals surface area contributed by atoms with Crippen LogP contribution in [0.1, 0.15) is 17.3 Å². The highest BCUT2D eigenvalue weighted by Gasteiger charge is 2.13. The van der Waals surface area contributed by atoms with Crippen LogP contribution >= 0.6 is 11.3 Å². The van der Waals surface area contributed by atoms with Crippen LogP contribution < -0.4 is 15.4 Å². The number of aromatic nitrogens is 1. The van der Waals surface area contributed by atoms with Gasteiger partial charge in [0.2, 0.25) is 5.91 Å². The number of para-hydroxylation sites is 1. The minimum absolute atomic E-state index is 0.161. The van der Waals surface area contributed by atoms with Crippen LogP contribution in [0.15, 0.2) is 64.4 Å². The van der Waals surface area contributed by atoms with Gasteiger partial charge >= 0.3 is 0 Å². The fraction of sp³-hybridized carbons (Fsp3) is 0.136. The van der Waals surface area contributed by atoms with Crippen molar-refractivity contribution in [3.63, 3.8) is 0 Å². The monoisotopic (exact) mass is 421 g/mol. The number of nitrogens with one attached hydrogen (secondary N) is 2. The molecule has 0 aliphatic carbocycles. The number of hydrogen-bond donors (Lipinski definition) is 2. The third-order valence-electron chi connectivity index (χ3n) is 4.27. The van der Waals surface area contributed by atoms with E-state index in [-0.39, 0.29) is 18.4 Å². The number of nitrogens with zero attached hydrogens (tertiary/aromatic N) is 1. The van der Waals surface area contributed by atoms with Gasteiger partial charge in [-0.15, -0.1) is 11.3 Å². The van der Waals surface area contributed by atoms with Gasteiger partial charge in [-0.25, -0.2) is 4.98 Å². The van der Waals surface area contributed by atoms with Crippen LogP contribution in [0.3, 0.4) is 0 Å². The summed E-state index contributed by atoms with van der Waals surface area (Å²) in [5, 5.41) is 8.52. The summed E-state index contributed by atoms with van der Waals surface area (Å²) in [6, 6.07) is 16.3. The second kappa shape index (κ2) is 8.79. The zero-order chi connectivity index (χ0) is 20.9. The molecule has 152 valence electrons. The quantitative estimate of drug-likeness (QED) is 0.463. The first-order valence-electron chi connectivity index (χ1n) is 9.38. The lowest BCUT2D eigenvalue weighted by Crippen LogP contribution is -2.32. The van der Waals surface area contributed by atoms with Crippen LogP contribution in [0.4, 0.5) is 5.13 Å². The molecule has 4 rings (SSSR count). The third-order valence-corrected chi connectivity index (χ3v) is 5.02. The van der Waals surface area contributed by atoms with Gasteiger partial charge in [0.15, 0.2) is 10.9 Å². The van der Waals surface area contributed by atoms with Crippen LogP contribution in [0.5, 0.6) is 5.75 Å². The molecule has 2 heterocycles. The molecule has 0 aliphatic heterocycles. The van der Waals surface area contributed by atoms with Crippen LogP contribution in [-0.4, -0.2) is 29.9 Å². The summed E-state index contributed by atoms with van der Waals surface area (Å²) in [6.07, 6.45) is 0. The molecule has 0 saturated carbocycles. The Kier molecular flexibility index (Phi) is 5.76. The molecule has 2 N–H and O–H groups in total. The van der Waals surface area contributed by atoms with Gasteiger partial charge in [0, 0.05) is 16.3 Å². The van der Waals surface area contributed by atoms with Gasteiger partial charge < -0.3 is 19.8 Å². The summed E-state index contributed by atoms with van der Waals surface area (Å²) in [5.41, 5.74) is 1.88. The summed E-state index contributed by atoms with van der Waals surface area (Å²) >= 11 is 1.29. The Bertz CT molecular complexity index is 1150. The predicted octanol–water partition coefficient (Wildman–Crippen LogP) is 4.32. The van der Waals surface area contributed by atoms with E-state index in [1.807, 2.05) is 42.6 Å². The largest absolute Gasteiger partial charge is 0.494 e. The summed E-state index contributed by atoms with van der Waals surface area (Å²) < 4.78 is 11.1. The predicted molar refractivity (Wildman–Crippen MR) is 116 cm³/mol. The Labute approximate surface area is 176 Å². The number of ether oxygens (including phenoxy) is 1. The summed E-state index contributed by atoms with van der Waals surface area (Å²) in [6.45, 7) is 2.29. The van der Waals surface area contributed by atoms with Gasteiger partial charge in [-0.3, -0.25) is 9.59 Å². The van der Waals surface area contributed by atoms with E-state index in [9.17, 15) is 9.59 Å². The third kappa shape index (κ3) is 4.49. The molecule has 0 fully saturated rings. The number of fused-ring (bicyclic) bond motifs is 1. The van der Waals surface area contributed by atoms with Gasteiger partial charge in [0.1, 0.15) is 17.0 Å². The first-order chi connectivity index (χ1) is 14.6. The van der Waals surface area contributed by atoms with Crippen molar-refractivity contribution in [3.05, 3.63) is 65.5 Å². The van der Waals surface area contributed by atoms with Gasteiger partial charge in [0.25, 0.3) is 5.91 Å². The van der Waals surface area contributed by atoms with Crippen molar-refractivity contribution in [1.29, 1.82) is 0 Å². The standard InChI is InChI=1S/C22H19N3O4S/c1-2-28-16-9-7-14(8-10-16)21(27)23-12-20(26)25-22-24-17(13-30-22)19-11-15-5-3-4-6-18(15)29-19/h3-11,13H,2,12H2,1H3,(H,23,27)(H,24,25,26). The number of rotatable bonds is 7. The van der Waals surface area contributed by atoms with E-state index >= 15 is 0 Å². The van der Waals surface area contributed by atoms with Crippen molar-refractivity contribution >= 4 is 39.3 Å². The van der Waals surface area contributed by atoms with E-state index in [1.54, 1.807) is 24.3 Å². The molecular weight excluding hydrogens is 402 g/mol. The second-order valence-electron chi connectivity index (χ2n) is 6.37. The Morgan fingerprint density at radius 1 is 1.13 bits per heavy atom. The fourth-order valence-corrected chi connectivity index (χ4v) is 3.56. The maximum absolute atomic E-state index is 12.2. The zero-order valence-electron chi connectivity index (χ0n) is 16.2. The number of anilines is 1. The first kappa shape index (κ1) is 19.7. The SMILES string of the molecule is CCOc1ccc(C(=O)NCC(=O)Nc2nc(-c3cc4ccccc4o3)cs2)cc1. The highest BCUT2D eigenvalue weighted by atomic mass is 32.1. The molecule has 30 heavy (non-hydrogen) atoms. The molecule has 0 saturated heterocycles. The molecule has 4 aromatic rings. The van der Waals surface area contributed by atoms with E-state index < -0.39 is 0 Å². The molecule has 0 atom stereocenters. The minimum Gasteiger partial charge on any atom is -0.494 e. The summed E-state index contributed by atoms with van der Waals surface area (Å²) in [7, 11) is 0. The topological polar surface area (TPSA) is 93.5 Å². The number of carbonyl (C=O) groups excluding carboxylic acids is 2. The molecule has 0 radical (unpaired) electrons. The molecule has 0 unspecified atom stereocenters. The van der Waals surface area contributed by atoms with Gasteiger partial charge in [-0.1, -0.05) is 18.2 Å². The Balaban J connectivity index is 1.32. The normalized spacial score (nSPS) is 10.7. The number of furan rings is 1. The van der Waals surface area contributed by atoms with Crippen molar-refractivity contribution in [2.75, 3.05) is 18.5 Å². The lowest BCUT2D eigenvalue weighted by Gasteiger charge is -2.06. The van der Waals surface area contributed by atoms with E-state index in [2.05, 4.69) is 15.6 Å². The maximum Gasteiger partial charge on any atom is 0.251 e. The maximum atomic E-state index is 12.2. The Morgan fingerprint density at radius 3 is 2.70 bits per heavy atom. The van der Waals surface area contributed by atoms with Crippen LogP contribution in [0.25, 0.3) is 22.4 Å². The van der Waals surface area contributed by atoms with Crippen molar-refractivity contribution in [1.82, 2.24) is 10.3 Å². The van der Waals surface area contributed by atoms with Gasteiger partial charge in [-0.05, 0) is 43.3 Å². The van der Waals surface area contributed by atoms with E-state index in [4.69, 9.17) is 9.15 Å². The summed E-state index contributed by atoms with van der Waals surface area (Å²) in [4.78, 5) is 28.8. The van der Waals surface area contributed by atoms with E-state index in [1.165, 1.54) is 11.3 Å². The van der Waals surface area contributed by atoms with Crippen LogP contribution in [0.2, 0.25) is 0 Å². The molecule has 0 aliphatic rings. The highest BCUT2D eigenvalue weighted by molar-refractivity contribution is 7.14. The van der Waals surface area contributed by atoms with Crippen LogP contribution in [0, 0.1) is 0 Å². The molecule has 2 aromatic heterocycles. The van der Waals surface area contributed by atoms with Gasteiger partial charge in [-0.2, -0.15) is 0 Å². The van der Waals surface area contributed by atoms with Crippen molar-refractivity contribution in [3.8, 4) is 17.2 Å². The second-order valence-corrected chi connectivity index (χ2v) is 7.23. The van der Waals surface area contributed by atoms with Crippen molar-refractivity contribution in [2.24, 2.45) is 0 Å². The average molecular weight is 421 g/mol. The average Bonchev–Trinajstić information content (AvgIpc) is 3.39. The zero-order valence-corrected chi connectivity index (χ0v) is 17.0. The number of thiazole rings is 1. The molecular formula is C22H19N3O4S. The Morgan fingerprint density at radius 2 is 1.93 bits per heavy atom. The molecule has 0 spiro atoms. The lowest BCUT2D eigenvalue weighted by atomic mass is 10.2. The lowest BCUT2D eigenvalue weighted by molar-refractivity contribution is -0.115. The molecule has 0 bridgehead atoms. The Hall–Kier alpha value is -3.65. The fourth-order valence-electron chi connectivity index (χ4n) is 2.85.